The maximum absolute atomic E-state index is 12.3. The van der Waals surface area contributed by atoms with Crippen LogP contribution in [-0.2, 0) is 0 Å². The standard InChI is InChI=1S/C14H14N4O3.C13H13N3O2.C13H12N2O3.H3N.H2O/c1-7-6-17(14(16)21)13(20)11-4-8-2-3-9(12(15)19)5-10(8)18(7)11;1-7-6-15-13(18)11-4-8-2-3-9(12(14)17)5-10(8)16(7)11;1-7-6-14-12(16)11-4-8-2-3-9(13(17)18)5-10(8)15(7)11;;/h2-5,7H,6H2,1H3,(H2,15,19)(H2,16,21);2-5,7H,6H2,1H3,(H2,14,17)(H,15,18);2-5,7H,6H2,1H3,(H,14,16)(H,17,18);1H3;1H2. The first-order valence-corrected chi connectivity index (χ1v) is 18.0. The van der Waals surface area contributed by atoms with Gasteiger partial charge >= 0.3 is 12.0 Å². The van der Waals surface area contributed by atoms with Gasteiger partial charge in [-0.1, -0.05) is 18.2 Å². The highest BCUT2D eigenvalue weighted by molar-refractivity contribution is 6.08. The molecule has 3 aliphatic rings. The van der Waals surface area contributed by atoms with Crippen molar-refractivity contribution in [1.82, 2.24) is 35.4 Å². The fourth-order valence-electron chi connectivity index (χ4n) is 7.64. The molecule has 59 heavy (non-hydrogen) atoms. The van der Waals surface area contributed by atoms with Gasteiger partial charge in [0.1, 0.15) is 17.1 Å². The van der Waals surface area contributed by atoms with Crippen molar-refractivity contribution in [1.29, 1.82) is 0 Å². The minimum Gasteiger partial charge on any atom is -0.478 e. The Labute approximate surface area is 335 Å². The van der Waals surface area contributed by atoms with Crippen LogP contribution in [0.5, 0.6) is 0 Å². The molecule has 6 aromatic rings. The number of amides is 7. The van der Waals surface area contributed by atoms with E-state index in [4.69, 9.17) is 22.3 Å². The van der Waals surface area contributed by atoms with Crippen LogP contribution in [0.15, 0.2) is 72.8 Å². The summed E-state index contributed by atoms with van der Waals surface area (Å²) in [5.41, 5.74) is 20.9. The van der Waals surface area contributed by atoms with E-state index in [1.165, 1.54) is 0 Å². The van der Waals surface area contributed by atoms with E-state index in [0.717, 1.165) is 37.6 Å². The number of rotatable bonds is 3. The summed E-state index contributed by atoms with van der Waals surface area (Å²) in [6.45, 7) is 7.26. The lowest BCUT2D eigenvalue weighted by Gasteiger charge is -2.30. The van der Waals surface area contributed by atoms with E-state index >= 15 is 0 Å². The van der Waals surface area contributed by atoms with E-state index in [1.807, 2.05) is 46.6 Å². The zero-order chi connectivity index (χ0) is 41.0. The molecule has 0 radical (unpaired) electrons. The molecular weight excluding hydrogens is 765 g/mol. The number of nitrogens with two attached hydrogens (primary N) is 3. The molecule has 9 rings (SSSR count). The number of aromatic nitrogens is 3. The number of carboxylic acid groups (broad SMARTS) is 1. The Kier molecular flexibility index (Phi) is 11.7. The van der Waals surface area contributed by atoms with Gasteiger partial charge in [0.2, 0.25) is 11.8 Å². The number of carbonyl (C=O) groups excluding carboxylic acids is 6. The molecule has 7 amide bonds. The van der Waals surface area contributed by atoms with Gasteiger partial charge in [-0.15, -0.1) is 0 Å². The summed E-state index contributed by atoms with van der Waals surface area (Å²) in [4.78, 5) is 81.7. The summed E-state index contributed by atoms with van der Waals surface area (Å²) in [5, 5.41) is 17.3. The largest absolute Gasteiger partial charge is 0.478 e. The predicted molar refractivity (Wildman–Crippen MR) is 218 cm³/mol. The van der Waals surface area contributed by atoms with E-state index in [2.05, 4.69) is 10.6 Å². The van der Waals surface area contributed by atoms with Gasteiger partial charge in [0.05, 0.1) is 12.1 Å². The van der Waals surface area contributed by atoms with Gasteiger partial charge in [0, 0.05) is 75.1 Å². The van der Waals surface area contributed by atoms with Crippen LogP contribution in [0.1, 0.15) is 101 Å². The Balaban J connectivity index is 0.000000166. The van der Waals surface area contributed by atoms with Crippen LogP contribution in [0.25, 0.3) is 32.7 Å². The normalized spacial score (nSPS) is 17.6. The number of imide groups is 1. The maximum Gasteiger partial charge on any atom is 0.335 e. The van der Waals surface area contributed by atoms with Gasteiger partial charge in [-0.3, -0.25) is 28.9 Å². The number of benzene rings is 3. The van der Waals surface area contributed by atoms with E-state index in [0.29, 0.717) is 41.3 Å². The Hall–Kier alpha value is -7.51. The number of hydrogen-bond acceptors (Lipinski definition) is 8. The molecule has 3 aliphatic heterocycles. The molecular formula is C40H44N10O9. The summed E-state index contributed by atoms with van der Waals surface area (Å²) >= 11 is 0. The van der Waals surface area contributed by atoms with Crippen LogP contribution in [0.2, 0.25) is 0 Å². The van der Waals surface area contributed by atoms with E-state index in [1.54, 1.807) is 60.7 Å². The second-order valence-corrected chi connectivity index (χ2v) is 14.3. The maximum atomic E-state index is 12.3. The molecule has 3 aromatic carbocycles. The topological polar surface area (TPSA) is 326 Å². The molecule has 3 atom stereocenters. The zero-order valence-electron chi connectivity index (χ0n) is 32.3. The van der Waals surface area contributed by atoms with Crippen molar-refractivity contribution < 1.29 is 44.1 Å². The number of fused-ring (bicyclic) bond motifs is 9. The Morgan fingerprint density at radius 2 is 0.966 bits per heavy atom. The first-order valence-electron chi connectivity index (χ1n) is 18.0. The minimum absolute atomic E-state index is 0. The zero-order valence-corrected chi connectivity index (χ0v) is 32.3. The predicted octanol–water partition coefficient (Wildman–Crippen LogP) is 2.86. The molecule has 0 aliphatic carbocycles. The number of carboxylic acids is 1. The van der Waals surface area contributed by atoms with Gasteiger partial charge in [0.15, 0.2) is 0 Å². The minimum atomic E-state index is -0.958. The summed E-state index contributed by atoms with van der Waals surface area (Å²) in [6.07, 6.45) is 0. The van der Waals surface area contributed by atoms with Crippen LogP contribution in [-0.4, -0.2) is 90.4 Å². The monoisotopic (exact) mass is 808 g/mol. The summed E-state index contributed by atoms with van der Waals surface area (Å²) in [5.74, 6) is -2.56. The summed E-state index contributed by atoms with van der Waals surface area (Å²) in [6, 6.07) is 19.9. The number of primary amides is 3. The number of nitrogens with one attached hydrogen (secondary N) is 2. The second kappa shape index (κ2) is 16.2. The van der Waals surface area contributed by atoms with Crippen molar-refractivity contribution in [3.05, 3.63) is 107 Å². The molecule has 3 unspecified atom stereocenters. The van der Waals surface area contributed by atoms with Crippen LogP contribution < -0.4 is 34.0 Å². The average Bonchev–Trinajstić information content (AvgIpc) is 3.89. The number of hydrogen-bond donors (Lipinski definition) is 7. The van der Waals surface area contributed by atoms with E-state index < -0.39 is 29.7 Å². The van der Waals surface area contributed by atoms with E-state index in [-0.39, 0.29) is 53.7 Å². The van der Waals surface area contributed by atoms with Crippen molar-refractivity contribution in [2.45, 2.75) is 38.9 Å². The van der Waals surface area contributed by atoms with Crippen LogP contribution in [0.4, 0.5) is 4.79 Å². The summed E-state index contributed by atoms with van der Waals surface area (Å²) in [7, 11) is 0. The number of aromatic carboxylic acids is 1. The fourth-order valence-corrected chi connectivity index (χ4v) is 7.64. The van der Waals surface area contributed by atoms with Gasteiger partial charge in [-0.2, -0.15) is 0 Å². The number of nitrogens with zero attached hydrogens (tertiary/aromatic N) is 4. The highest BCUT2D eigenvalue weighted by Crippen LogP contribution is 2.31. The lowest BCUT2D eigenvalue weighted by Crippen LogP contribution is -2.47. The van der Waals surface area contributed by atoms with Crippen LogP contribution >= 0.6 is 0 Å². The molecule has 14 N–H and O–H groups in total. The average molecular weight is 809 g/mol. The van der Waals surface area contributed by atoms with Crippen molar-refractivity contribution in [2.24, 2.45) is 17.2 Å². The first kappa shape index (κ1) is 42.6. The molecule has 19 nitrogen and oxygen atoms in total. The van der Waals surface area contributed by atoms with Crippen LogP contribution in [0.3, 0.4) is 0 Å². The lowest BCUT2D eigenvalue weighted by molar-refractivity contribution is 0.0694. The van der Waals surface area contributed by atoms with Gasteiger partial charge in [-0.05, 0) is 75.4 Å². The molecule has 0 saturated heterocycles. The van der Waals surface area contributed by atoms with Gasteiger partial charge in [0.25, 0.3) is 17.7 Å². The molecule has 308 valence electrons. The number of urea groups is 1. The van der Waals surface area contributed by atoms with Crippen molar-refractivity contribution in [2.75, 3.05) is 19.6 Å². The third-order valence-electron chi connectivity index (χ3n) is 10.4. The first-order chi connectivity index (χ1) is 27.0. The lowest BCUT2D eigenvalue weighted by atomic mass is 10.1. The fraction of sp³-hybridized carbons (Fsp3) is 0.225. The van der Waals surface area contributed by atoms with Crippen molar-refractivity contribution in [3.63, 3.8) is 0 Å². The molecule has 0 fully saturated rings. The van der Waals surface area contributed by atoms with Gasteiger partial charge in [-0.25, -0.2) is 9.59 Å². The Bertz CT molecular complexity index is 2610. The molecule has 3 aromatic heterocycles. The quantitative estimate of drug-likeness (QED) is 0.138. The Morgan fingerprint density at radius 1 is 0.593 bits per heavy atom. The molecule has 6 heterocycles. The Morgan fingerprint density at radius 3 is 1.36 bits per heavy atom. The van der Waals surface area contributed by atoms with E-state index in [9.17, 15) is 33.6 Å². The van der Waals surface area contributed by atoms with Crippen molar-refractivity contribution >= 4 is 74.2 Å². The third kappa shape index (κ3) is 7.54. The second-order valence-electron chi connectivity index (χ2n) is 14.3. The SMILES string of the molecule is CC1CN(C(N)=O)C(=O)c2cc3ccc(C(N)=O)cc3n21.CC1CNC(=O)c2cc3ccc(C(=O)O)cc3n21.CC1CNC(=O)c2cc3ccc(C(N)=O)cc3n21.N.O. The highest BCUT2D eigenvalue weighted by Gasteiger charge is 2.33. The summed E-state index contributed by atoms with van der Waals surface area (Å²) < 4.78 is 5.67. The molecule has 19 heteroatoms. The molecule has 0 bridgehead atoms. The van der Waals surface area contributed by atoms with Gasteiger partial charge < -0.3 is 58.3 Å². The van der Waals surface area contributed by atoms with Crippen LogP contribution in [0, 0.1) is 0 Å². The number of carbonyl (C=O) groups is 7. The third-order valence-corrected chi connectivity index (χ3v) is 10.4. The van der Waals surface area contributed by atoms with Crippen molar-refractivity contribution in [3.8, 4) is 0 Å². The highest BCUT2D eigenvalue weighted by atomic mass is 16.4. The molecule has 0 spiro atoms. The smallest absolute Gasteiger partial charge is 0.335 e. The molecule has 0 saturated carbocycles.